The molecule has 1 aliphatic heterocycles. The number of hydrogen-bond acceptors (Lipinski definition) is 4. The topological polar surface area (TPSA) is 44.8 Å². The highest BCUT2D eigenvalue weighted by Gasteiger charge is 2.31. The van der Waals surface area contributed by atoms with E-state index in [0.717, 1.165) is 29.9 Å². The lowest BCUT2D eigenvalue weighted by Crippen LogP contribution is -2.29. The van der Waals surface area contributed by atoms with Crippen LogP contribution in [0.4, 0.5) is 0 Å². The molecular weight excluding hydrogens is 388 g/mol. The summed E-state index contributed by atoms with van der Waals surface area (Å²) in [6.07, 6.45) is 1.93. The summed E-state index contributed by atoms with van der Waals surface area (Å²) in [5.41, 5.74) is 6.08. The zero-order valence-corrected chi connectivity index (χ0v) is 17.9. The van der Waals surface area contributed by atoms with Gasteiger partial charge in [0.1, 0.15) is 6.61 Å². The van der Waals surface area contributed by atoms with E-state index in [-0.39, 0.29) is 11.9 Å². The van der Waals surface area contributed by atoms with E-state index in [1.807, 2.05) is 44.2 Å². The van der Waals surface area contributed by atoms with Crippen LogP contribution in [-0.4, -0.2) is 18.4 Å². The van der Waals surface area contributed by atoms with Gasteiger partial charge in [0.05, 0.1) is 0 Å². The minimum atomic E-state index is -0.623. The van der Waals surface area contributed by atoms with Crippen molar-refractivity contribution in [2.75, 3.05) is 6.61 Å². The zero-order chi connectivity index (χ0) is 21.4. The molecule has 0 spiro atoms. The standard InChI is InChI=1S/C27H26O4/c1-27(2)30-24-15-14-18(16-25(24)31-27)8-7-13-26(28)29-17-23-21-11-5-3-9-19(21)20-10-4-6-12-22(20)23/h3-6,9-12,14-16,23H,7-8,13,17H2,1-2H3. The zero-order valence-electron chi connectivity index (χ0n) is 17.9. The summed E-state index contributed by atoms with van der Waals surface area (Å²) >= 11 is 0. The first-order valence-corrected chi connectivity index (χ1v) is 10.8. The molecule has 0 saturated carbocycles. The van der Waals surface area contributed by atoms with Crippen molar-refractivity contribution in [3.8, 4) is 22.6 Å². The van der Waals surface area contributed by atoms with Gasteiger partial charge in [0.25, 0.3) is 0 Å². The molecule has 0 atom stereocenters. The van der Waals surface area contributed by atoms with Crippen LogP contribution in [0.1, 0.15) is 49.3 Å². The van der Waals surface area contributed by atoms with Gasteiger partial charge in [-0.3, -0.25) is 4.79 Å². The first-order valence-electron chi connectivity index (χ1n) is 10.8. The molecule has 3 aromatic rings. The van der Waals surface area contributed by atoms with Crippen molar-refractivity contribution in [2.45, 2.75) is 44.8 Å². The number of fused-ring (bicyclic) bond motifs is 4. The number of carbonyl (C=O) groups excluding carboxylic acids is 1. The van der Waals surface area contributed by atoms with Crippen LogP contribution in [0.15, 0.2) is 66.7 Å². The fraction of sp³-hybridized carbons (Fsp3) is 0.296. The molecule has 5 rings (SSSR count). The van der Waals surface area contributed by atoms with Gasteiger partial charge in [0, 0.05) is 26.2 Å². The lowest BCUT2D eigenvalue weighted by Gasteiger charge is -2.16. The fourth-order valence-electron chi connectivity index (χ4n) is 4.55. The van der Waals surface area contributed by atoms with Crippen LogP contribution in [0.5, 0.6) is 11.5 Å². The lowest BCUT2D eigenvalue weighted by atomic mass is 9.98. The molecule has 158 valence electrons. The molecule has 1 aliphatic carbocycles. The molecule has 0 radical (unpaired) electrons. The molecule has 4 heteroatoms. The molecule has 0 fully saturated rings. The van der Waals surface area contributed by atoms with Gasteiger partial charge in [-0.2, -0.15) is 0 Å². The highest BCUT2D eigenvalue weighted by Crippen LogP contribution is 2.44. The summed E-state index contributed by atoms with van der Waals surface area (Å²) in [7, 11) is 0. The number of ether oxygens (including phenoxy) is 3. The van der Waals surface area contributed by atoms with Crippen molar-refractivity contribution in [2.24, 2.45) is 0 Å². The molecule has 0 unspecified atom stereocenters. The average molecular weight is 415 g/mol. The molecule has 0 bridgehead atoms. The molecule has 0 saturated heterocycles. The summed E-state index contributed by atoms with van der Waals surface area (Å²) < 4.78 is 17.2. The second kappa shape index (κ2) is 7.77. The van der Waals surface area contributed by atoms with Crippen LogP contribution in [0.25, 0.3) is 11.1 Å². The first kappa shape index (κ1) is 19.7. The number of rotatable bonds is 6. The Balaban J connectivity index is 1.16. The third-order valence-corrected chi connectivity index (χ3v) is 5.94. The van der Waals surface area contributed by atoms with Crippen LogP contribution in [0.2, 0.25) is 0 Å². The van der Waals surface area contributed by atoms with Crippen LogP contribution >= 0.6 is 0 Å². The Morgan fingerprint density at radius 1 is 0.903 bits per heavy atom. The quantitative estimate of drug-likeness (QED) is 0.473. The molecule has 0 N–H and O–H groups in total. The Morgan fingerprint density at radius 3 is 2.26 bits per heavy atom. The Hall–Kier alpha value is -3.27. The van der Waals surface area contributed by atoms with E-state index >= 15 is 0 Å². The van der Waals surface area contributed by atoms with E-state index < -0.39 is 5.79 Å². The number of esters is 1. The van der Waals surface area contributed by atoms with E-state index in [2.05, 4.69) is 36.4 Å². The summed E-state index contributed by atoms with van der Waals surface area (Å²) in [6.45, 7) is 4.17. The monoisotopic (exact) mass is 414 g/mol. The van der Waals surface area contributed by atoms with E-state index in [9.17, 15) is 4.79 Å². The number of benzene rings is 3. The maximum atomic E-state index is 12.4. The van der Waals surface area contributed by atoms with Gasteiger partial charge in [0.2, 0.25) is 5.79 Å². The van der Waals surface area contributed by atoms with Gasteiger partial charge in [-0.25, -0.2) is 0 Å². The normalized spacial score (nSPS) is 15.4. The third-order valence-electron chi connectivity index (χ3n) is 5.94. The van der Waals surface area contributed by atoms with E-state index in [4.69, 9.17) is 14.2 Å². The number of aryl methyl sites for hydroxylation is 1. The Bertz CT molecular complexity index is 1090. The van der Waals surface area contributed by atoms with Crippen molar-refractivity contribution in [1.29, 1.82) is 0 Å². The number of hydrogen-bond donors (Lipinski definition) is 0. The van der Waals surface area contributed by atoms with Crippen molar-refractivity contribution in [3.05, 3.63) is 83.4 Å². The van der Waals surface area contributed by atoms with Crippen molar-refractivity contribution in [1.82, 2.24) is 0 Å². The van der Waals surface area contributed by atoms with Gasteiger partial charge < -0.3 is 14.2 Å². The Kier molecular flexibility index (Phi) is 4.93. The van der Waals surface area contributed by atoms with Crippen molar-refractivity contribution in [3.63, 3.8) is 0 Å². The third kappa shape index (κ3) is 3.90. The smallest absolute Gasteiger partial charge is 0.305 e. The highest BCUT2D eigenvalue weighted by atomic mass is 16.7. The largest absolute Gasteiger partial charge is 0.465 e. The predicted molar refractivity (Wildman–Crippen MR) is 119 cm³/mol. The van der Waals surface area contributed by atoms with Gasteiger partial charge in [-0.05, 0) is 52.8 Å². The van der Waals surface area contributed by atoms with Gasteiger partial charge in [-0.1, -0.05) is 54.6 Å². The average Bonchev–Trinajstić information content (AvgIpc) is 3.24. The van der Waals surface area contributed by atoms with Crippen LogP contribution in [0.3, 0.4) is 0 Å². The van der Waals surface area contributed by atoms with Gasteiger partial charge >= 0.3 is 5.97 Å². The predicted octanol–water partition coefficient (Wildman–Crippen LogP) is 5.87. The number of carbonyl (C=O) groups is 1. The fourth-order valence-corrected chi connectivity index (χ4v) is 4.55. The van der Waals surface area contributed by atoms with Gasteiger partial charge in [-0.15, -0.1) is 0 Å². The molecule has 4 nitrogen and oxygen atoms in total. The molecule has 31 heavy (non-hydrogen) atoms. The Labute approximate surface area is 182 Å². The van der Waals surface area contributed by atoms with Crippen LogP contribution < -0.4 is 9.47 Å². The van der Waals surface area contributed by atoms with Crippen molar-refractivity contribution < 1.29 is 19.0 Å². The molecular formula is C27H26O4. The SMILES string of the molecule is CC1(C)Oc2ccc(CCCC(=O)OCC3c4ccccc4-c4ccccc43)cc2O1. The van der Waals surface area contributed by atoms with E-state index in [1.54, 1.807) is 0 Å². The van der Waals surface area contributed by atoms with Crippen LogP contribution in [-0.2, 0) is 16.0 Å². The summed E-state index contributed by atoms with van der Waals surface area (Å²) in [6, 6.07) is 22.7. The van der Waals surface area contributed by atoms with Crippen LogP contribution in [0, 0.1) is 0 Å². The second-order valence-electron chi connectivity index (χ2n) is 8.65. The molecule has 0 amide bonds. The molecule has 0 aromatic heterocycles. The summed E-state index contributed by atoms with van der Waals surface area (Å²) in [5.74, 6) is 0.869. The highest BCUT2D eigenvalue weighted by molar-refractivity contribution is 5.79. The van der Waals surface area contributed by atoms with Gasteiger partial charge in [0.15, 0.2) is 11.5 Å². The van der Waals surface area contributed by atoms with E-state index in [0.29, 0.717) is 13.0 Å². The molecule has 2 aliphatic rings. The minimum absolute atomic E-state index is 0.105. The Morgan fingerprint density at radius 2 is 1.55 bits per heavy atom. The molecule has 1 heterocycles. The van der Waals surface area contributed by atoms with Crippen molar-refractivity contribution >= 4 is 5.97 Å². The first-order chi connectivity index (χ1) is 15.0. The second-order valence-corrected chi connectivity index (χ2v) is 8.65. The molecule has 3 aromatic carbocycles. The maximum absolute atomic E-state index is 12.4. The van der Waals surface area contributed by atoms with E-state index in [1.165, 1.54) is 22.3 Å². The summed E-state index contributed by atoms with van der Waals surface area (Å²) in [4.78, 5) is 12.4. The maximum Gasteiger partial charge on any atom is 0.305 e. The minimum Gasteiger partial charge on any atom is -0.465 e. The summed E-state index contributed by atoms with van der Waals surface area (Å²) in [5, 5.41) is 0. The lowest BCUT2D eigenvalue weighted by molar-refractivity contribution is -0.144.